The first kappa shape index (κ1) is 14.0. The SMILES string of the molecule is Clc1ccc(Br)cc1CNc1cccc(Cl)c1Cl. The standard InChI is InChI=1S/C13H9BrCl3N/c14-9-4-5-10(15)8(6-9)7-18-12-3-1-2-11(16)13(12)17/h1-6,18H,7H2. The molecule has 1 nitrogen and oxygen atoms in total. The molecule has 0 saturated heterocycles. The third-order valence-electron chi connectivity index (χ3n) is 2.43. The van der Waals surface area contributed by atoms with Gasteiger partial charge in [0.15, 0.2) is 0 Å². The molecule has 2 rings (SSSR count). The lowest BCUT2D eigenvalue weighted by molar-refractivity contribution is 1.15. The number of hydrogen-bond acceptors (Lipinski definition) is 1. The second-order valence-electron chi connectivity index (χ2n) is 3.69. The summed E-state index contributed by atoms with van der Waals surface area (Å²) in [6.45, 7) is 0.582. The van der Waals surface area contributed by atoms with Crippen LogP contribution in [0.3, 0.4) is 0 Å². The van der Waals surface area contributed by atoms with Gasteiger partial charge in [-0.1, -0.05) is 56.8 Å². The molecule has 0 unspecified atom stereocenters. The van der Waals surface area contributed by atoms with E-state index in [4.69, 9.17) is 34.8 Å². The summed E-state index contributed by atoms with van der Waals surface area (Å²) in [5.74, 6) is 0. The maximum atomic E-state index is 6.11. The molecule has 0 bridgehead atoms. The van der Waals surface area contributed by atoms with E-state index < -0.39 is 0 Å². The van der Waals surface area contributed by atoms with Crippen molar-refractivity contribution < 1.29 is 0 Å². The highest BCUT2D eigenvalue weighted by molar-refractivity contribution is 9.10. The molecule has 2 aromatic rings. The minimum atomic E-state index is 0.519. The monoisotopic (exact) mass is 363 g/mol. The summed E-state index contributed by atoms with van der Waals surface area (Å²) in [7, 11) is 0. The van der Waals surface area contributed by atoms with Crippen molar-refractivity contribution >= 4 is 56.4 Å². The fraction of sp³-hybridized carbons (Fsp3) is 0.0769. The number of benzene rings is 2. The molecular weight excluding hydrogens is 356 g/mol. The van der Waals surface area contributed by atoms with Crippen LogP contribution < -0.4 is 5.32 Å². The van der Waals surface area contributed by atoms with Crippen LogP contribution in [0, 0.1) is 0 Å². The highest BCUT2D eigenvalue weighted by atomic mass is 79.9. The highest BCUT2D eigenvalue weighted by Gasteiger charge is 2.05. The van der Waals surface area contributed by atoms with Crippen molar-refractivity contribution in [1.82, 2.24) is 0 Å². The van der Waals surface area contributed by atoms with Gasteiger partial charge >= 0.3 is 0 Å². The van der Waals surface area contributed by atoms with E-state index in [0.29, 0.717) is 21.6 Å². The lowest BCUT2D eigenvalue weighted by atomic mass is 10.2. The average molecular weight is 365 g/mol. The quantitative estimate of drug-likeness (QED) is 0.701. The Labute approximate surface area is 129 Å². The van der Waals surface area contributed by atoms with Gasteiger partial charge in [-0.15, -0.1) is 0 Å². The van der Waals surface area contributed by atoms with E-state index in [9.17, 15) is 0 Å². The summed E-state index contributed by atoms with van der Waals surface area (Å²) in [4.78, 5) is 0. The Morgan fingerprint density at radius 2 is 1.78 bits per heavy atom. The highest BCUT2D eigenvalue weighted by Crippen LogP contribution is 2.30. The smallest absolute Gasteiger partial charge is 0.0823 e. The van der Waals surface area contributed by atoms with Crippen LogP contribution >= 0.6 is 50.7 Å². The Balaban J connectivity index is 2.16. The van der Waals surface area contributed by atoms with Crippen molar-refractivity contribution in [1.29, 1.82) is 0 Å². The zero-order valence-corrected chi connectivity index (χ0v) is 13.0. The number of anilines is 1. The van der Waals surface area contributed by atoms with Gasteiger partial charge in [0.25, 0.3) is 0 Å². The van der Waals surface area contributed by atoms with Crippen molar-refractivity contribution in [2.24, 2.45) is 0 Å². The summed E-state index contributed by atoms with van der Waals surface area (Å²) in [6.07, 6.45) is 0. The number of rotatable bonds is 3. The minimum Gasteiger partial charge on any atom is -0.380 e. The number of nitrogens with one attached hydrogen (secondary N) is 1. The lowest BCUT2D eigenvalue weighted by Gasteiger charge is -2.10. The van der Waals surface area contributed by atoms with Crippen LogP contribution in [0.5, 0.6) is 0 Å². The predicted molar refractivity (Wildman–Crippen MR) is 82.9 cm³/mol. The van der Waals surface area contributed by atoms with Crippen LogP contribution in [0.1, 0.15) is 5.56 Å². The second kappa shape index (κ2) is 6.16. The Morgan fingerprint density at radius 3 is 2.56 bits per heavy atom. The second-order valence-corrected chi connectivity index (χ2v) is 5.80. The molecule has 0 saturated carbocycles. The van der Waals surface area contributed by atoms with Gasteiger partial charge in [0, 0.05) is 16.0 Å². The minimum absolute atomic E-state index is 0.519. The molecule has 1 N–H and O–H groups in total. The Morgan fingerprint density at radius 1 is 1.00 bits per heavy atom. The van der Waals surface area contributed by atoms with Crippen molar-refractivity contribution in [3.63, 3.8) is 0 Å². The lowest BCUT2D eigenvalue weighted by Crippen LogP contribution is -2.00. The molecule has 2 aromatic carbocycles. The van der Waals surface area contributed by atoms with Crippen LogP contribution in [0.15, 0.2) is 40.9 Å². The van der Waals surface area contributed by atoms with E-state index >= 15 is 0 Å². The molecule has 0 fully saturated rings. The normalized spacial score (nSPS) is 10.4. The first-order valence-corrected chi connectivity index (χ1v) is 7.12. The van der Waals surface area contributed by atoms with E-state index in [0.717, 1.165) is 15.7 Å². The Kier molecular flexibility index (Phi) is 4.79. The van der Waals surface area contributed by atoms with Crippen LogP contribution in [0.2, 0.25) is 15.1 Å². The molecule has 0 atom stereocenters. The molecule has 0 aromatic heterocycles. The summed E-state index contributed by atoms with van der Waals surface area (Å²) in [5.41, 5.74) is 1.78. The van der Waals surface area contributed by atoms with Crippen molar-refractivity contribution in [3.8, 4) is 0 Å². The van der Waals surface area contributed by atoms with Gasteiger partial charge in [0.2, 0.25) is 0 Å². The molecule has 0 aliphatic heterocycles. The average Bonchev–Trinajstić information content (AvgIpc) is 2.35. The third kappa shape index (κ3) is 3.33. The first-order valence-electron chi connectivity index (χ1n) is 5.20. The van der Waals surface area contributed by atoms with Crippen molar-refractivity contribution in [3.05, 3.63) is 61.5 Å². The topological polar surface area (TPSA) is 12.0 Å². The molecule has 5 heteroatoms. The molecule has 0 radical (unpaired) electrons. The van der Waals surface area contributed by atoms with Gasteiger partial charge in [0.05, 0.1) is 15.7 Å². The van der Waals surface area contributed by atoms with Crippen LogP contribution in [0.25, 0.3) is 0 Å². The molecule has 0 amide bonds. The summed E-state index contributed by atoms with van der Waals surface area (Å²) >= 11 is 21.6. The van der Waals surface area contributed by atoms with E-state index in [-0.39, 0.29) is 0 Å². The zero-order chi connectivity index (χ0) is 13.1. The summed E-state index contributed by atoms with van der Waals surface area (Å²) in [5, 5.41) is 4.98. The van der Waals surface area contributed by atoms with E-state index in [1.54, 1.807) is 6.07 Å². The number of halogens is 4. The van der Waals surface area contributed by atoms with Gasteiger partial charge < -0.3 is 5.32 Å². The van der Waals surface area contributed by atoms with Gasteiger partial charge in [-0.2, -0.15) is 0 Å². The largest absolute Gasteiger partial charge is 0.380 e. The summed E-state index contributed by atoms with van der Waals surface area (Å²) < 4.78 is 0.987. The van der Waals surface area contributed by atoms with E-state index in [1.165, 1.54) is 0 Å². The van der Waals surface area contributed by atoms with Gasteiger partial charge in [-0.3, -0.25) is 0 Å². The molecule has 0 aliphatic carbocycles. The molecular formula is C13H9BrCl3N. The first-order chi connectivity index (χ1) is 8.58. The maximum Gasteiger partial charge on any atom is 0.0823 e. The Hall–Kier alpha value is -0.410. The molecule has 0 aliphatic rings. The van der Waals surface area contributed by atoms with Crippen molar-refractivity contribution in [2.75, 3.05) is 5.32 Å². The molecule has 0 spiro atoms. The van der Waals surface area contributed by atoms with Crippen LogP contribution in [0.4, 0.5) is 5.69 Å². The zero-order valence-electron chi connectivity index (χ0n) is 9.18. The fourth-order valence-electron chi connectivity index (χ4n) is 1.51. The Bertz CT molecular complexity index is 570. The van der Waals surface area contributed by atoms with Gasteiger partial charge in [-0.05, 0) is 35.9 Å². The van der Waals surface area contributed by atoms with Gasteiger partial charge in [0.1, 0.15) is 0 Å². The van der Waals surface area contributed by atoms with E-state index in [1.807, 2.05) is 30.3 Å². The van der Waals surface area contributed by atoms with Crippen LogP contribution in [-0.4, -0.2) is 0 Å². The molecule has 94 valence electrons. The fourth-order valence-corrected chi connectivity index (χ4v) is 2.47. The molecule has 0 heterocycles. The van der Waals surface area contributed by atoms with Crippen LogP contribution in [-0.2, 0) is 6.54 Å². The molecule has 18 heavy (non-hydrogen) atoms. The summed E-state index contributed by atoms with van der Waals surface area (Å²) in [6, 6.07) is 11.2. The predicted octanol–water partition coefficient (Wildman–Crippen LogP) is 6.02. The van der Waals surface area contributed by atoms with E-state index in [2.05, 4.69) is 21.2 Å². The maximum absolute atomic E-state index is 6.11. The number of hydrogen-bond donors (Lipinski definition) is 1. The third-order valence-corrected chi connectivity index (χ3v) is 4.11. The van der Waals surface area contributed by atoms with Gasteiger partial charge in [-0.25, -0.2) is 0 Å². The van der Waals surface area contributed by atoms with Crippen molar-refractivity contribution in [2.45, 2.75) is 6.54 Å².